The molecule has 4 rings (SSSR count). The molecule has 124 valence electrons. The Morgan fingerprint density at radius 2 is 2.04 bits per heavy atom. The van der Waals surface area contributed by atoms with Gasteiger partial charge in [0.05, 0.1) is 5.69 Å². The average molecular weight is 344 g/mol. The van der Waals surface area contributed by atoms with Gasteiger partial charge in [0.2, 0.25) is 4.96 Å². The lowest BCUT2D eigenvalue weighted by molar-refractivity contribution is 0.242. The van der Waals surface area contributed by atoms with Gasteiger partial charge in [0, 0.05) is 25.2 Å². The smallest absolute Gasteiger partial charge is 0.275 e. The van der Waals surface area contributed by atoms with E-state index in [1.807, 2.05) is 19.1 Å². The standard InChI is InChI=1S/C17H17FN4OS/c1-11-20-22-16(23)8-14(19-17(22)24-11)10-21(15-6-7-15)9-12-2-4-13(18)5-3-12/h2-5,8,15H,6-7,9-10H2,1H3. The van der Waals surface area contributed by atoms with Crippen molar-refractivity contribution in [2.75, 3.05) is 0 Å². The molecule has 1 aliphatic carbocycles. The molecule has 0 spiro atoms. The van der Waals surface area contributed by atoms with Gasteiger partial charge >= 0.3 is 0 Å². The van der Waals surface area contributed by atoms with Crippen LogP contribution in [0, 0.1) is 12.7 Å². The number of hydrogen-bond acceptors (Lipinski definition) is 5. The van der Waals surface area contributed by atoms with E-state index < -0.39 is 0 Å². The molecule has 0 bridgehead atoms. The quantitative estimate of drug-likeness (QED) is 0.714. The fraction of sp³-hybridized carbons (Fsp3) is 0.353. The number of nitrogens with zero attached hydrogens (tertiary/aromatic N) is 4. The van der Waals surface area contributed by atoms with Gasteiger partial charge in [-0.1, -0.05) is 23.5 Å². The molecule has 0 atom stereocenters. The Bertz CT molecular complexity index is 930. The summed E-state index contributed by atoms with van der Waals surface area (Å²) in [4.78, 5) is 19.7. The normalized spacial score (nSPS) is 14.6. The Kier molecular flexibility index (Phi) is 3.90. The van der Waals surface area contributed by atoms with Crippen molar-refractivity contribution in [3.8, 4) is 0 Å². The highest BCUT2D eigenvalue weighted by molar-refractivity contribution is 7.16. The minimum atomic E-state index is -0.225. The van der Waals surface area contributed by atoms with E-state index in [4.69, 9.17) is 0 Å². The summed E-state index contributed by atoms with van der Waals surface area (Å²) in [6.07, 6.45) is 2.31. The van der Waals surface area contributed by atoms with Crippen molar-refractivity contribution in [2.45, 2.75) is 38.9 Å². The maximum atomic E-state index is 13.1. The molecule has 2 aromatic heterocycles. The number of halogens is 1. The number of benzene rings is 1. The van der Waals surface area contributed by atoms with E-state index in [0.717, 1.165) is 35.7 Å². The summed E-state index contributed by atoms with van der Waals surface area (Å²) in [6.45, 7) is 3.21. The fourth-order valence-electron chi connectivity index (χ4n) is 2.82. The largest absolute Gasteiger partial charge is 0.290 e. The van der Waals surface area contributed by atoms with Crippen molar-refractivity contribution >= 4 is 16.3 Å². The van der Waals surface area contributed by atoms with Gasteiger partial charge in [-0.2, -0.15) is 9.61 Å². The lowest BCUT2D eigenvalue weighted by atomic mass is 10.2. The predicted molar refractivity (Wildman–Crippen MR) is 90.5 cm³/mol. The van der Waals surface area contributed by atoms with Crippen molar-refractivity contribution in [3.63, 3.8) is 0 Å². The van der Waals surface area contributed by atoms with Crippen LogP contribution in [0.25, 0.3) is 4.96 Å². The minimum absolute atomic E-state index is 0.142. The summed E-state index contributed by atoms with van der Waals surface area (Å²) in [5, 5.41) is 4.99. The highest BCUT2D eigenvalue weighted by atomic mass is 32.1. The summed E-state index contributed by atoms with van der Waals surface area (Å²) in [5.74, 6) is -0.225. The summed E-state index contributed by atoms with van der Waals surface area (Å²) < 4.78 is 14.4. The van der Waals surface area contributed by atoms with E-state index in [-0.39, 0.29) is 11.4 Å². The third-order valence-electron chi connectivity index (χ3n) is 4.13. The van der Waals surface area contributed by atoms with Gasteiger partial charge in [-0.05, 0) is 37.5 Å². The van der Waals surface area contributed by atoms with E-state index in [0.29, 0.717) is 17.5 Å². The first kappa shape index (κ1) is 15.4. The Hall–Kier alpha value is -2.12. The molecule has 0 N–H and O–H groups in total. The van der Waals surface area contributed by atoms with Crippen LogP contribution in [0.2, 0.25) is 0 Å². The number of rotatable bonds is 5. The number of fused-ring (bicyclic) bond motifs is 1. The number of hydrogen-bond donors (Lipinski definition) is 0. The topological polar surface area (TPSA) is 50.5 Å². The van der Waals surface area contributed by atoms with Crippen LogP contribution in [0.5, 0.6) is 0 Å². The summed E-state index contributed by atoms with van der Waals surface area (Å²) in [6, 6.07) is 8.66. The Morgan fingerprint density at radius 3 is 2.75 bits per heavy atom. The molecule has 1 saturated carbocycles. The average Bonchev–Trinajstić information content (AvgIpc) is 3.31. The van der Waals surface area contributed by atoms with Crippen LogP contribution in [0.15, 0.2) is 35.1 Å². The van der Waals surface area contributed by atoms with E-state index in [1.54, 1.807) is 6.07 Å². The number of aryl methyl sites for hydroxylation is 1. The van der Waals surface area contributed by atoms with Crippen LogP contribution in [-0.4, -0.2) is 25.5 Å². The molecule has 7 heteroatoms. The Labute approximate surface area is 142 Å². The van der Waals surface area contributed by atoms with Crippen LogP contribution < -0.4 is 5.56 Å². The highest BCUT2D eigenvalue weighted by Gasteiger charge is 2.29. The van der Waals surface area contributed by atoms with Crippen LogP contribution in [0.3, 0.4) is 0 Å². The SMILES string of the molecule is Cc1nn2c(=O)cc(CN(Cc3ccc(F)cc3)C3CC3)nc2s1. The molecule has 0 unspecified atom stereocenters. The minimum Gasteiger partial charge on any atom is -0.290 e. The zero-order chi connectivity index (χ0) is 16.7. The maximum Gasteiger partial charge on any atom is 0.275 e. The molecule has 0 saturated heterocycles. The van der Waals surface area contributed by atoms with Gasteiger partial charge in [0.1, 0.15) is 10.8 Å². The molecule has 1 aliphatic rings. The van der Waals surface area contributed by atoms with E-state index in [9.17, 15) is 9.18 Å². The lowest BCUT2D eigenvalue weighted by Gasteiger charge is -2.21. The van der Waals surface area contributed by atoms with E-state index >= 15 is 0 Å². The summed E-state index contributed by atoms with van der Waals surface area (Å²) in [5.41, 5.74) is 1.68. The zero-order valence-electron chi connectivity index (χ0n) is 13.3. The van der Waals surface area contributed by atoms with Crippen molar-refractivity contribution in [2.24, 2.45) is 0 Å². The van der Waals surface area contributed by atoms with Crippen LogP contribution in [-0.2, 0) is 13.1 Å². The highest BCUT2D eigenvalue weighted by Crippen LogP contribution is 2.29. The third-order valence-corrected chi connectivity index (χ3v) is 4.95. The Morgan fingerprint density at radius 1 is 1.29 bits per heavy atom. The van der Waals surface area contributed by atoms with Crippen LogP contribution in [0.4, 0.5) is 4.39 Å². The predicted octanol–water partition coefficient (Wildman–Crippen LogP) is 2.76. The molecule has 3 aromatic rings. The van der Waals surface area contributed by atoms with E-state index in [2.05, 4.69) is 15.0 Å². The van der Waals surface area contributed by atoms with Crippen molar-refractivity contribution in [1.82, 2.24) is 19.5 Å². The zero-order valence-corrected chi connectivity index (χ0v) is 14.1. The summed E-state index contributed by atoms with van der Waals surface area (Å²) in [7, 11) is 0. The second-order valence-corrected chi connectivity index (χ2v) is 7.32. The third kappa shape index (κ3) is 3.22. The first-order valence-electron chi connectivity index (χ1n) is 7.93. The van der Waals surface area contributed by atoms with E-state index in [1.165, 1.54) is 28.0 Å². The molecule has 2 heterocycles. The maximum absolute atomic E-state index is 13.1. The number of aromatic nitrogens is 3. The molecule has 1 aromatic carbocycles. The monoisotopic (exact) mass is 344 g/mol. The second kappa shape index (κ2) is 6.07. The lowest BCUT2D eigenvalue weighted by Crippen LogP contribution is -2.27. The van der Waals surface area contributed by atoms with Crippen molar-refractivity contribution in [3.05, 3.63) is 62.8 Å². The van der Waals surface area contributed by atoms with Crippen LogP contribution in [0.1, 0.15) is 29.1 Å². The second-order valence-electron chi connectivity index (χ2n) is 6.16. The molecule has 0 radical (unpaired) electrons. The molecule has 0 amide bonds. The fourth-order valence-corrected chi connectivity index (χ4v) is 3.59. The molecular formula is C17H17FN4OS. The first-order chi connectivity index (χ1) is 11.6. The van der Waals surface area contributed by atoms with Gasteiger partial charge in [-0.15, -0.1) is 0 Å². The summed E-state index contributed by atoms with van der Waals surface area (Å²) >= 11 is 1.42. The van der Waals surface area contributed by atoms with Gasteiger partial charge in [-0.3, -0.25) is 9.69 Å². The molecule has 1 fully saturated rings. The van der Waals surface area contributed by atoms with Crippen molar-refractivity contribution < 1.29 is 4.39 Å². The van der Waals surface area contributed by atoms with Crippen LogP contribution >= 0.6 is 11.3 Å². The molecular weight excluding hydrogens is 327 g/mol. The Balaban J connectivity index is 1.59. The molecule has 5 nitrogen and oxygen atoms in total. The van der Waals surface area contributed by atoms with Gasteiger partial charge < -0.3 is 0 Å². The first-order valence-corrected chi connectivity index (χ1v) is 8.75. The molecule has 24 heavy (non-hydrogen) atoms. The molecule has 0 aliphatic heterocycles. The van der Waals surface area contributed by atoms with Gasteiger partial charge in [0.15, 0.2) is 0 Å². The van der Waals surface area contributed by atoms with Crippen molar-refractivity contribution in [1.29, 1.82) is 0 Å². The van der Waals surface area contributed by atoms with Gasteiger partial charge in [0.25, 0.3) is 5.56 Å². The van der Waals surface area contributed by atoms with Gasteiger partial charge in [-0.25, -0.2) is 9.37 Å².